The SMILES string of the molecule is CC[N-]C.CC[N-]C.CC[N-]C.[CH2-]C.[NH]=[Ta]. The summed E-state index contributed by atoms with van der Waals surface area (Å²) in [5.74, 6) is 0. The zero-order chi connectivity index (χ0) is 14.2. The monoisotopic (exact) mass is 399 g/mol. The van der Waals surface area contributed by atoms with Crippen molar-refractivity contribution in [1.29, 1.82) is 3.76 Å². The van der Waals surface area contributed by atoms with Gasteiger partial charge in [0.15, 0.2) is 0 Å². The maximum atomic E-state index is 5.86. The third-order valence-electron chi connectivity index (χ3n) is 0.949. The van der Waals surface area contributed by atoms with Gasteiger partial charge in [0.05, 0.1) is 0 Å². The predicted octanol–water partition coefficient (Wildman–Crippen LogP) is 4.17. The number of nitrogens with zero attached hydrogens (tertiary/aromatic N) is 3. The van der Waals surface area contributed by atoms with Crippen molar-refractivity contribution in [2.45, 2.75) is 27.7 Å². The molecule has 0 aliphatic heterocycles. The van der Waals surface area contributed by atoms with E-state index in [2.05, 4.69) is 22.9 Å². The Morgan fingerprint density at radius 1 is 0.750 bits per heavy atom. The summed E-state index contributed by atoms with van der Waals surface area (Å²) in [4.78, 5) is 0. The van der Waals surface area contributed by atoms with Gasteiger partial charge in [-0.15, -0.1) is 0 Å². The molecule has 0 aliphatic rings. The van der Waals surface area contributed by atoms with E-state index < -0.39 is 0 Å². The van der Waals surface area contributed by atoms with Crippen molar-refractivity contribution in [1.82, 2.24) is 0 Å². The van der Waals surface area contributed by atoms with Gasteiger partial charge in [0.1, 0.15) is 0 Å². The average Bonchev–Trinajstić information content (AvgIpc) is 2.43. The zero-order valence-electron chi connectivity index (χ0n) is 12.1. The molecule has 0 aliphatic carbocycles. The van der Waals surface area contributed by atoms with Crippen molar-refractivity contribution in [2.24, 2.45) is 0 Å². The van der Waals surface area contributed by atoms with E-state index >= 15 is 0 Å². The topological polar surface area (TPSA) is 66.2 Å². The van der Waals surface area contributed by atoms with E-state index in [4.69, 9.17) is 3.76 Å². The minimum atomic E-state index is 0.694. The molecule has 0 saturated carbocycles. The first-order valence-corrected chi connectivity index (χ1v) is 6.95. The molecule has 1 N–H and O–H groups in total. The molecule has 103 valence electrons. The Morgan fingerprint density at radius 2 is 0.812 bits per heavy atom. The first kappa shape index (κ1) is 29.9. The van der Waals surface area contributed by atoms with Crippen LogP contribution in [0.2, 0.25) is 0 Å². The summed E-state index contributed by atoms with van der Waals surface area (Å²) in [6.45, 7) is 13.9. The van der Waals surface area contributed by atoms with Crippen LogP contribution in [0.25, 0.3) is 16.0 Å². The molecule has 0 radical (unpaired) electrons. The number of rotatable bonds is 3. The number of nitrogens with one attached hydrogen (secondary N) is 1. The summed E-state index contributed by atoms with van der Waals surface area (Å²) in [5, 5.41) is 11.2. The van der Waals surface area contributed by atoms with E-state index in [1.165, 1.54) is 0 Å². The fourth-order valence-corrected chi connectivity index (χ4v) is 0. The minimum absolute atomic E-state index is 0.694. The Bertz CT molecular complexity index is 41.7. The van der Waals surface area contributed by atoms with Crippen molar-refractivity contribution in [3.8, 4) is 0 Å². The molecule has 0 heterocycles. The Labute approximate surface area is 116 Å². The third kappa shape index (κ3) is 222. The van der Waals surface area contributed by atoms with Gasteiger partial charge in [-0.2, -0.15) is 47.7 Å². The molecule has 0 saturated heterocycles. The van der Waals surface area contributed by atoms with Gasteiger partial charge in [0.25, 0.3) is 0 Å². The Kier molecular flexibility index (Phi) is 146. The number of hydrogen-bond donors (Lipinski definition) is 1. The van der Waals surface area contributed by atoms with Crippen molar-refractivity contribution in [3.63, 3.8) is 0 Å². The second-order valence-electron chi connectivity index (χ2n) is 1.90. The van der Waals surface area contributed by atoms with Gasteiger partial charge < -0.3 is 22.9 Å². The van der Waals surface area contributed by atoms with Gasteiger partial charge in [-0.05, 0) is 0 Å². The van der Waals surface area contributed by atoms with Crippen molar-refractivity contribution < 1.29 is 20.9 Å². The van der Waals surface area contributed by atoms with Gasteiger partial charge in [-0.1, -0.05) is 20.8 Å². The fraction of sp³-hybridized carbons (Fsp3) is 0.909. The van der Waals surface area contributed by atoms with E-state index in [0.717, 1.165) is 19.6 Å². The van der Waals surface area contributed by atoms with Gasteiger partial charge in [-0.3, -0.25) is 0 Å². The van der Waals surface area contributed by atoms with Crippen LogP contribution in [0.15, 0.2) is 0 Å². The fourth-order valence-electron chi connectivity index (χ4n) is 0. The first-order chi connectivity index (χ1) is 7.74. The standard InChI is InChI=1S/3C3H8N.C2H5.HN.Ta/c3*1-3-4-2;1-2;;/h3*3H2,1-2H3;1H2,2H3;1H;/q4*-1;;. The van der Waals surface area contributed by atoms with E-state index in [1.807, 2.05) is 20.8 Å². The van der Waals surface area contributed by atoms with Gasteiger partial charge in [0.2, 0.25) is 0 Å². The summed E-state index contributed by atoms with van der Waals surface area (Å²) in [5.41, 5.74) is 0. The molecule has 0 atom stereocenters. The van der Waals surface area contributed by atoms with Crippen LogP contribution in [0.5, 0.6) is 0 Å². The summed E-state index contributed by atoms with van der Waals surface area (Å²) in [6.07, 6.45) is 0. The Morgan fingerprint density at radius 3 is 0.812 bits per heavy atom. The van der Waals surface area contributed by atoms with Crippen LogP contribution >= 0.6 is 0 Å². The molecule has 0 bridgehead atoms. The molecule has 0 aromatic carbocycles. The molecule has 0 unspecified atom stereocenters. The molecule has 16 heavy (non-hydrogen) atoms. The van der Waals surface area contributed by atoms with E-state index in [-0.39, 0.29) is 0 Å². The molecule has 4 nitrogen and oxygen atoms in total. The summed E-state index contributed by atoms with van der Waals surface area (Å²) >= 11 is 0.694. The molecule has 0 aromatic heterocycles. The summed E-state index contributed by atoms with van der Waals surface area (Å²) < 4.78 is 5.86. The normalized spacial score (nSPS) is 6.19. The third-order valence-corrected chi connectivity index (χ3v) is 0.949. The Hall–Kier alpha value is 0.420. The summed E-state index contributed by atoms with van der Waals surface area (Å²) in [7, 11) is 5.42. The van der Waals surface area contributed by atoms with Crippen molar-refractivity contribution >= 4 is 0 Å². The second kappa shape index (κ2) is 77.8. The average molecular weight is 399 g/mol. The van der Waals surface area contributed by atoms with Gasteiger partial charge in [-0.25, -0.2) is 0 Å². The molecular formula is C11H30N4Ta-4. The number of hydrogen-bond acceptors (Lipinski definition) is 1. The van der Waals surface area contributed by atoms with E-state index in [9.17, 15) is 0 Å². The molecule has 0 spiro atoms. The first-order valence-electron chi connectivity index (χ1n) is 5.34. The second-order valence-corrected chi connectivity index (χ2v) is 1.90. The van der Waals surface area contributed by atoms with Crippen LogP contribution in [0, 0.1) is 10.7 Å². The van der Waals surface area contributed by atoms with Crippen LogP contribution in [-0.2, 0) is 20.9 Å². The molecule has 0 rings (SSSR count). The van der Waals surface area contributed by atoms with Crippen LogP contribution < -0.4 is 0 Å². The van der Waals surface area contributed by atoms with Crippen molar-refractivity contribution in [3.05, 3.63) is 22.9 Å². The molecular weight excluding hydrogens is 369 g/mol. The molecule has 0 aromatic rings. The van der Waals surface area contributed by atoms with Crippen LogP contribution in [0.4, 0.5) is 0 Å². The Balaban J connectivity index is -0.0000000327. The van der Waals surface area contributed by atoms with E-state index in [1.54, 1.807) is 28.1 Å². The molecule has 5 heteroatoms. The molecule has 0 fully saturated rings. The maximum absolute atomic E-state index is 5.86. The molecule has 0 amide bonds. The van der Waals surface area contributed by atoms with Gasteiger partial charge in [0, 0.05) is 0 Å². The summed E-state index contributed by atoms with van der Waals surface area (Å²) in [6, 6.07) is 0. The van der Waals surface area contributed by atoms with Crippen LogP contribution in [0.1, 0.15) is 27.7 Å². The van der Waals surface area contributed by atoms with Crippen LogP contribution in [0.3, 0.4) is 0 Å². The van der Waals surface area contributed by atoms with Crippen LogP contribution in [-0.4, -0.2) is 40.8 Å². The zero-order valence-corrected chi connectivity index (χ0v) is 15.3. The quantitative estimate of drug-likeness (QED) is 0.693. The predicted molar refractivity (Wildman–Crippen MR) is 73.2 cm³/mol. The van der Waals surface area contributed by atoms with Crippen molar-refractivity contribution in [2.75, 3.05) is 40.8 Å². The van der Waals surface area contributed by atoms with E-state index in [0.29, 0.717) is 20.9 Å². The van der Waals surface area contributed by atoms with Gasteiger partial charge >= 0.3 is 24.6 Å².